The van der Waals surface area contributed by atoms with Gasteiger partial charge in [0, 0.05) is 18.8 Å². The van der Waals surface area contributed by atoms with Gasteiger partial charge in [0.25, 0.3) is 0 Å². The topological polar surface area (TPSA) is 63.4 Å². The predicted molar refractivity (Wildman–Crippen MR) is 77.6 cm³/mol. The molecule has 1 aromatic rings. The molecular weight excluding hydrogens is 284 g/mol. The maximum absolute atomic E-state index is 12.6. The quantitative estimate of drug-likeness (QED) is 0.854. The highest BCUT2D eigenvalue weighted by molar-refractivity contribution is 7.89. The van der Waals surface area contributed by atoms with E-state index in [0.717, 1.165) is 19.3 Å². The number of benzene rings is 1. The number of nitrogen functional groups attached to an aromatic ring is 1. The first-order valence-corrected chi connectivity index (χ1v) is 8.28. The van der Waals surface area contributed by atoms with Crippen LogP contribution in [0.3, 0.4) is 0 Å². The van der Waals surface area contributed by atoms with Gasteiger partial charge in [0.05, 0.1) is 5.02 Å². The predicted octanol–water partition coefficient (Wildman–Crippen LogP) is 2.73. The zero-order valence-corrected chi connectivity index (χ0v) is 12.5. The minimum atomic E-state index is -3.51. The van der Waals surface area contributed by atoms with E-state index in [4.69, 9.17) is 17.3 Å². The lowest BCUT2D eigenvalue weighted by Crippen LogP contribution is -2.32. The van der Waals surface area contributed by atoms with Gasteiger partial charge in [-0.1, -0.05) is 18.5 Å². The molecule has 0 saturated carbocycles. The number of nitrogens with two attached hydrogens (primary N) is 1. The summed E-state index contributed by atoms with van der Waals surface area (Å²) < 4.78 is 26.7. The van der Waals surface area contributed by atoms with Gasteiger partial charge in [0.1, 0.15) is 4.90 Å². The fourth-order valence-corrected chi connectivity index (χ4v) is 4.36. The summed E-state index contributed by atoms with van der Waals surface area (Å²) in [5.41, 5.74) is 6.07. The summed E-state index contributed by atoms with van der Waals surface area (Å²) in [4.78, 5) is 0.151. The van der Waals surface area contributed by atoms with Crippen molar-refractivity contribution in [2.24, 2.45) is 5.92 Å². The normalized spacial score (nSPS) is 22.1. The van der Waals surface area contributed by atoms with Crippen molar-refractivity contribution >= 4 is 27.3 Å². The van der Waals surface area contributed by atoms with Crippen LogP contribution in [0.2, 0.25) is 5.02 Å². The van der Waals surface area contributed by atoms with E-state index in [9.17, 15) is 8.42 Å². The number of hydrogen-bond acceptors (Lipinski definition) is 3. The molecular formula is C13H19ClN2O2S. The van der Waals surface area contributed by atoms with E-state index in [0.29, 0.717) is 24.7 Å². The highest BCUT2D eigenvalue weighted by atomic mass is 35.5. The van der Waals surface area contributed by atoms with Crippen molar-refractivity contribution in [2.45, 2.75) is 31.1 Å². The molecule has 1 heterocycles. The van der Waals surface area contributed by atoms with E-state index in [-0.39, 0.29) is 9.92 Å². The molecule has 1 atom stereocenters. The summed E-state index contributed by atoms with van der Waals surface area (Å²) in [5, 5.41) is 0.192. The second kappa shape index (κ2) is 5.69. The molecule has 1 saturated heterocycles. The van der Waals surface area contributed by atoms with Gasteiger partial charge in [-0.2, -0.15) is 4.31 Å². The molecule has 19 heavy (non-hydrogen) atoms. The molecule has 0 radical (unpaired) electrons. The molecule has 2 N–H and O–H groups in total. The number of sulfonamides is 1. The van der Waals surface area contributed by atoms with Crippen LogP contribution >= 0.6 is 11.6 Å². The molecule has 1 fully saturated rings. The molecule has 4 nitrogen and oxygen atoms in total. The van der Waals surface area contributed by atoms with Crippen LogP contribution in [0.4, 0.5) is 5.69 Å². The van der Waals surface area contributed by atoms with Crippen LogP contribution in [-0.4, -0.2) is 25.8 Å². The van der Waals surface area contributed by atoms with Gasteiger partial charge in [0.2, 0.25) is 10.0 Å². The Bertz CT molecular complexity index is 560. The van der Waals surface area contributed by atoms with Gasteiger partial charge >= 0.3 is 0 Å². The molecule has 1 aliphatic rings. The number of anilines is 1. The monoisotopic (exact) mass is 302 g/mol. The Hall–Kier alpha value is -0.780. The van der Waals surface area contributed by atoms with Crippen LogP contribution in [0, 0.1) is 5.92 Å². The van der Waals surface area contributed by atoms with E-state index >= 15 is 0 Å². The smallest absolute Gasteiger partial charge is 0.244 e. The third-order valence-corrected chi connectivity index (χ3v) is 5.93. The van der Waals surface area contributed by atoms with Gasteiger partial charge in [-0.25, -0.2) is 8.42 Å². The number of nitrogens with zero attached hydrogens (tertiary/aromatic N) is 1. The number of halogens is 1. The Morgan fingerprint density at radius 3 is 2.74 bits per heavy atom. The molecule has 0 amide bonds. The average molecular weight is 303 g/mol. The minimum absolute atomic E-state index is 0.151. The molecule has 1 unspecified atom stereocenters. The average Bonchev–Trinajstić information content (AvgIpc) is 2.53. The van der Waals surface area contributed by atoms with Crippen molar-refractivity contribution in [3.05, 3.63) is 23.2 Å². The van der Waals surface area contributed by atoms with Crippen LogP contribution < -0.4 is 5.73 Å². The molecule has 106 valence electrons. The molecule has 6 heteroatoms. The second-order valence-corrected chi connectivity index (χ2v) is 7.44. The molecule has 1 aromatic carbocycles. The van der Waals surface area contributed by atoms with Gasteiger partial charge in [0.15, 0.2) is 0 Å². The standard InChI is InChI=1S/C13H19ClN2O2S/c1-10-3-2-7-16(8-6-10)19(17,18)13-5-4-11(15)9-12(13)14/h4-5,9-10H,2-3,6-8,15H2,1H3. The van der Waals surface area contributed by atoms with Crippen molar-refractivity contribution in [2.75, 3.05) is 18.8 Å². The number of hydrogen-bond donors (Lipinski definition) is 1. The molecule has 0 aliphatic carbocycles. The third kappa shape index (κ3) is 3.22. The second-order valence-electron chi connectivity index (χ2n) is 5.13. The Kier molecular flexibility index (Phi) is 4.38. The molecule has 2 rings (SSSR count). The largest absolute Gasteiger partial charge is 0.399 e. The van der Waals surface area contributed by atoms with Crippen LogP contribution in [0.25, 0.3) is 0 Å². The van der Waals surface area contributed by atoms with Gasteiger partial charge in [-0.15, -0.1) is 0 Å². The lowest BCUT2D eigenvalue weighted by molar-refractivity contribution is 0.417. The Labute approximate surface area is 119 Å². The summed E-state index contributed by atoms with van der Waals surface area (Å²) in [7, 11) is -3.51. The van der Waals surface area contributed by atoms with Crippen molar-refractivity contribution in [3.63, 3.8) is 0 Å². The Morgan fingerprint density at radius 1 is 1.32 bits per heavy atom. The summed E-state index contributed by atoms with van der Waals surface area (Å²) >= 11 is 6.02. The van der Waals surface area contributed by atoms with E-state index in [1.165, 1.54) is 16.4 Å². The first-order chi connectivity index (χ1) is 8.91. The van der Waals surface area contributed by atoms with Gasteiger partial charge in [-0.3, -0.25) is 0 Å². The molecule has 1 aliphatic heterocycles. The Balaban J connectivity index is 2.31. The van der Waals surface area contributed by atoms with Gasteiger partial charge < -0.3 is 5.73 Å². The third-order valence-electron chi connectivity index (χ3n) is 3.55. The van der Waals surface area contributed by atoms with Crippen LogP contribution in [0.1, 0.15) is 26.2 Å². The minimum Gasteiger partial charge on any atom is -0.399 e. The molecule has 0 aromatic heterocycles. The van der Waals surface area contributed by atoms with Crippen LogP contribution in [0.5, 0.6) is 0 Å². The van der Waals surface area contributed by atoms with E-state index in [1.54, 1.807) is 6.07 Å². The summed E-state index contributed by atoms with van der Waals surface area (Å²) in [6.07, 6.45) is 2.86. The van der Waals surface area contributed by atoms with Gasteiger partial charge in [-0.05, 0) is 43.4 Å². The SMILES string of the molecule is CC1CCCN(S(=O)(=O)c2ccc(N)cc2Cl)CC1. The van der Waals surface area contributed by atoms with Crippen molar-refractivity contribution in [1.29, 1.82) is 0 Å². The summed E-state index contributed by atoms with van der Waals surface area (Å²) in [6.45, 7) is 3.28. The molecule has 0 spiro atoms. The van der Waals surface area contributed by atoms with Crippen LogP contribution in [-0.2, 0) is 10.0 Å². The fourth-order valence-electron chi connectivity index (χ4n) is 2.34. The lowest BCUT2D eigenvalue weighted by Gasteiger charge is -2.20. The van der Waals surface area contributed by atoms with E-state index < -0.39 is 10.0 Å². The van der Waals surface area contributed by atoms with Crippen molar-refractivity contribution < 1.29 is 8.42 Å². The Morgan fingerprint density at radius 2 is 2.05 bits per heavy atom. The highest BCUT2D eigenvalue weighted by Crippen LogP contribution is 2.28. The summed E-state index contributed by atoms with van der Waals surface area (Å²) in [6, 6.07) is 4.54. The maximum atomic E-state index is 12.6. The van der Waals surface area contributed by atoms with Crippen molar-refractivity contribution in [1.82, 2.24) is 4.31 Å². The van der Waals surface area contributed by atoms with E-state index in [1.807, 2.05) is 0 Å². The molecule has 0 bridgehead atoms. The lowest BCUT2D eigenvalue weighted by atomic mass is 10.0. The summed E-state index contributed by atoms with van der Waals surface area (Å²) in [5.74, 6) is 0.571. The first-order valence-electron chi connectivity index (χ1n) is 6.46. The zero-order chi connectivity index (χ0) is 14.0. The highest BCUT2D eigenvalue weighted by Gasteiger charge is 2.28. The zero-order valence-electron chi connectivity index (χ0n) is 11.0. The fraction of sp³-hybridized carbons (Fsp3) is 0.538. The maximum Gasteiger partial charge on any atom is 0.244 e. The van der Waals surface area contributed by atoms with Crippen LogP contribution in [0.15, 0.2) is 23.1 Å². The van der Waals surface area contributed by atoms with Crippen molar-refractivity contribution in [3.8, 4) is 0 Å². The van der Waals surface area contributed by atoms with E-state index in [2.05, 4.69) is 6.92 Å². The first kappa shape index (κ1) is 14.6. The number of rotatable bonds is 2.